The largest absolute Gasteiger partial charge is 0.382 e. The van der Waals surface area contributed by atoms with Crippen molar-refractivity contribution in [1.82, 2.24) is 15.5 Å². The fraction of sp³-hybridized carbons (Fsp3) is 0.680. The zero-order chi connectivity index (χ0) is 21.9. The zero-order valence-corrected chi connectivity index (χ0v) is 19.4. The van der Waals surface area contributed by atoms with Gasteiger partial charge < -0.3 is 20.3 Å². The van der Waals surface area contributed by atoms with Crippen molar-refractivity contribution < 1.29 is 9.53 Å². The first-order valence-corrected chi connectivity index (χ1v) is 12.1. The second-order valence-corrected chi connectivity index (χ2v) is 8.90. The van der Waals surface area contributed by atoms with Crippen LogP contribution in [0, 0.1) is 5.41 Å². The number of ether oxygens (including phenoxy) is 1. The topological polar surface area (TPSA) is 66.0 Å². The Hall–Kier alpha value is -2.08. The molecule has 1 fully saturated rings. The molecule has 1 aromatic rings. The second-order valence-electron chi connectivity index (χ2n) is 8.90. The highest BCUT2D eigenvalue weighted by Crippen LogP contribution is 2.41. The third-order valence-electron chi connectivity index (χ3n) is 6.62. The monoisotopic (exact) mass is 428 g/mol. The maximum atomic E-state index is 12.6. The lowest BCUT2D eigenvalue weighted by Gasteiger charge is -2.27. The molecule has 0 radical (unpaired) electrons. The minimum atomic E-state index is 0.237. The van der Waals surface area contributed by atoms with Crippen molar-refractivity contribution in [2.45, 2.75) is 71.9 Å². The van der Waals surface area contributed by atoms with Crippen molar-refractivity contribution in [3.05, 3.63) is 35.4 Å². The molecule has 6 heteroatoms. The van der Waals surface area contributed by atoms with Crippen LogP contribution in [0.1, 0.15) is 69.9 Å². The minimum Gasteiger partial charge on any atom is -0.382 e. The van der Waals surface area contributed by atoms with Crippen molar-refractivity contribution >= 4 is 11.9 Å². The Morgan fingerprint density at radius 1 is 1.13 bits per heavy atom. The lowest BCUT2D eigenvalue weighted by molar-refractivity contribution is -0.131. The van der Waals surface area contributed by atoms with E-state index in [1.54, 1.807) is 0 Å². The number of amides is 1. The van der Waals surface area contributed by atoms with Crippen molar-refractivity contribution in [2.24, 2.45) is 10.4 Å². The number of carbonyl (C=O) groups excluding carboxylic acids is 1. The molecule has 0 aromatic heterocycles. The summed E-state index contributed by atoms with van der Waals surface area (Å²) in [7, 11) is 0. The summed E-state index contributed by atoms with van der Waals surface area (Å²) in [6.07, 6.45) is 7.56. The fourth-order valence-electron chi connectivity index (χ4n) is 4.75. The fourth-order valence-corrected chi connectivity index (χ4v) is 4.75. The molecular formula is C25H40N4O2. The number of rotatable bonds is 11. The van der Waals surface area contributed by atoms with E-state index in [0.29, 0.717) is 6.42 Å². The summed E-state index contributed by atoms with van der Waals surface area (Å²) >= 11 is 0. The summed E-state index contributed by atoms with van der Waals surface area (Å²) in [6.45, 7) is 9.69. The van der Waals surface area contributed by atoms with Gasteiger partial charge in [-0.15, -0.1) is 0 Å². The number of fused-ring (bicyclic) bond motifs is 1. The van der Waals surface area contributed by atoms with E-state index in [2.05, 4.69) is 36.6 Å². The SMILES string of the molecule is CCNC(=NCC1(CCOCC)CCCC1)NCCCC(=O)N1Cc2ccccc2C1. The average molecular weight is 429 g/mol. The van der Waals surface area contributed by atoms with E-state index in [1.807, 2.05) is 17.0 Å². The van der Waals surface area contributed by atoms with Gasteiger partial charge in [-0.2, -0.15) is 0 Å². The van der Waals surface area contributed by atoms with Gasteiger partial charge in [0.1, 0.15) is 0 Å². The molecule has 2 aliphatic rings. The van der Waals surface area contributed by atoms with Crippen LogP contribution in [0.3, 0.4) is 0 Å². The Balaban J connectivity index is 1.42. The normalized spacial score (nSPS) is 17.6. The Morgan fingerprint density at radius 3 is 2.48 bits per heavy atom. The summed E-state index contributed by atoms with van der Waals surface area (Å²) in [6, 6.07) is 8.33. The number of nitrogens with one attached hydrogen (secondary N) is 2. The van der Waals surface area contributed by atoms with Gasteiger partial charge in [-0.05, 0) is 56.1 Å². The molecule has 0 atom stereocenters. The van der Waals surface area contributed by atoms with Crippen LogP contribution in [0.5, 0.6) is 0 Å². The van der Waals surface area contributed by atoms with E-state index in [0.717, 1.165) is 64.7 Å². The maximum absolute atomic E-state index is 12.6. The molecule has 0 saturated heterocycles. The first kappa shape index (κ1) is 23.6. The number of carbonyl (C=O) groups is 1. The molecule has 1 amide bonds. The Kier molecular flexibility index (Phi) is 9.19. The molecule has 1 saturated carbocycles. The van der Waals surface area contributed by atoms with E-state index in [9.17, 15) is 4.79 Å². The summed E-state index contributed by atoms with van der Waals surface area (Å²) in [5, 5.41) is 6.79. The summed E-state index contributed by atoms with van der Waals surface area (Å²) in [5.74, 6) is 1.10. The van der Waals surface area contributed by atoms with Crippen LogP contribution in [-0.2, 0) is 22.6 Å². The quantitative estimate of drug-likeness (QED) is 0.319. The van der Waals surface area contributed by atoms with E-state index >= 15 is 0 Å². The number of hydrogen-bond donors (Lipinski definition) is 2. The van der Waals surface area contributed by atoms with Gasteiger partial charge in [-0.1, -0.05) is 37.1 Å². The highest BCUT2D eigenvalue weighted by Gasteiger charge is 2.33. The molecule has 31 heavy (non-hydrogen) atoms. The number of benzene rings is 1. The Labute approximate surface area is 187 Å². The van der Waals surface area contributed by atoms with E-state index in [1.165, 1.54) is 36.8 Å². The standard InChI is InChI=1S/C25H40N4O2/c1-3-26-24(28-20-25(13-7-8-14-25)15-17-31-4-2)27-16-9-12-23(30)29-18-21-10-5-6-11-22(21)19-29/h5-6,10-11H,3-4,7-9,12-20H2,1-2H3,(H2,26,27,28). The van der Waals surface area contributed by atoms with Gasteiger partial charge in [-0.25, -0.2) is 0 Å². The molecule has 2 N–H and O–H groups in total. The first-order chi connectivity index (χ1) is 15.2. The number of nitrogens with zero attached hydrogens (tertiary/aromatic N) is 2. The van der Waals surface area contributed by atoms with E-state index in [-0.39, 0.29) is 11.3 Å². The Morgan fingerprint density at radius 2 is 1.84 bits per heavy atom. The molecule has 0 bridgehead atoms. The third-order valence-corrected chi connectivity index (χ3v) is 6.62. The van der Waals surface area contributed by atoms with Gasteiger partial charge in [0.05, 0.1) is 0 Å². The molecule has 0 spiro atoms. The molecule has 1 aliphatic carbocycles. The summed E-state index contributed by atoms with van der Waals surface area (Å²) < 4.78 is 5.62. The van der Waals surface area contributed by atoms with Crippen LogP contribution < -0.4 is 10.6 Å². The predicted octanol–water partition coefficient (Wildman–Crippen LogP) is 3.85. The van der Waals surface area contributed by atoms with Gasteiger partial charge in [-0.3, -0.25) is 9.79 Å². The van der Waals surface area contributed by atoms with Gasteiger partial charge >= 0.3 is 0 Å². The summed E-state index contributed by atoms with van der Waals surface area (Å²) in [4.78, 5) is 19.5. The van der Waals surface area contributed by atoms with Crippen LogP contribution in [0.2, 0.25) is 0 Å². The highest BCUT2D eigenvalue weighted by molar-refractivity contribution is 5.80. The van der Waals surface area contributed by atoms with E-state index < -0.39 is 0 Å². The molecular weight excluding hydrogens is 388 g/mol. The van der Waals surface area contributed by atoms with Crippen molar-refractivity contribution in [1.29, 1.82) is 0 Å². The number of hydrogen-bond acceptors (Lipinski definition) is 3. The van der Waals surface area contributed by atoms with E-state index in [4.69, 9.17) is 9.73 Å². The molecule has 1 aliphatic heterocycles. The van der Waals surface area contributed by atoms with Crippen LogP contribution >= 0.6 is 0 Å². The highest BCUT2D eigenvalue weighted by atomic mass is 16.5. The van der Waals surface area contributed by atoms with Crippen LogP contribution in [0.4, 0.5) is 0 Å². The summed E-state index contributed by atoms with van der Waals surface area (Å²) in [5.41, 5.74) is 2.85. The van der Waals surface area contributed by atoms with Gasteiger partial charge in [0.15, 0.2) is 5.96 Å². The van der Waals surface area contributed by atoms with Crippen LogP contribution in [0.15, 0.2) is 29.3 Å². The molecule has 1 heterocycles. The molecule has 0 unspecified atom stereocenters. The molecule has 172 valence electrons. The van der Waals surface area contributed by atoms with Crippen LogP contribution in [-0.4, -0.2) is 49.6 Å². The Bertz CT molecular complexity index is 703. The molecule has 6 nitrogen and oxygen atoms in total. The van der Waals surface area contributed by atoms with Gasteiger partial charge in [0, 0.05) is 52.4 Å². The maximum Gasteiger partial charge on any atom is 0.223 e. The average Bonchev–Trinajstić information content (AvgIpc) is 3.42. The lowest BCUT2D eigenvalue weighted by Crippen LogP contribution is -2.39. The minimum absolute atomic E-state index is 0.237. The third kappa shape index (κ3) is 6.96. The lowest BCUT2D eigenvalue weighted by atomic mass is 9.83. The number of aliphatic imine (C=N–C) groups is 1. The van der Waals surface area contributed by atoms with Crippen molar-refractivity contribution in [3.8, 4) is 0 Å². The first-order valence-electron chi connectivity index (χ1n) is 12.1. The van der Waals surface area contributed by atoms with Crippen molar-refractivity contribution in [3.63, 3.8) is 0 Å². The zero-order valence-electron chi connectivity index (χ0n) is 19.4. The predicted molar refractivity (Wildman–Crippen MR) is 126 cm³/mol. The van der Waals surface area contributed by atoms with Crippen molar-refractivity contribution in [2.75, 3.05) is 32.8 Å². The van der Waals surface area contributed by atoms with Gasteiger partial charge in [0.2, 0.25) is 5.91 Å². The van der Waals surface area contributed by atoms with Crippen LogP contribution in [0.25, 0.3) is 0 Å². The number of guanidine groups is 1. The second kappa shape index (κ2) is 12.1. The van der Waals surface area contributed by atoms with Gasteiger partial charge in [0.25, 0.3) is 0 Å². The smallest absolute Gasteiger partial charge is 0.223 e. The molecule has 1 aromatic carbocycles. The molecule has 3 rings (SSSR count).